The Hall–Kier alpha value is -0.610. The quantitative estimate of drug-likeness (QED) is 0.752. The summed E-state index contributed by atoms with van der Waals surface area (Å²) in [6, 6.07) is 0. The molecule has 0 radical (unpaired) electrons. The van der Waals surface area contributed by atoms with Gasteiger partial charge < -0.3 is 15.5 Å². The lowest BCUT2D eigenvalue weighted by atomic mass is 9.93. The molecule has 100 valence electrons. The first-order chi connectivity index (χ1) is 8.13. The van der Waals surface area contributed by atoms with Gasteiger partial charge in [0.2, 0.25) is 5.91 Å². The first-order valence-corrected chi connectivity index (χ1v) is 6.76. The van der Waals surface area contributed by atoms with E-state index in [1.807, 2.05) is 14.1 Å². The number of carbonyl (C=O) groups is 1. The van der Waals surface area contributed by atoms with Crippen molar-refractivity contribution in [1.29, 1.82) is 0 Å². The minimum atomic E-state index is 0.239. The number of nitrogens with zero attached hydrogens (tertiary/aromatic N) is 2. The van der Waals surface area contributed by atoms with Crippen LogP contribution in [-0.2, 0) is 4.79 Å². The predicted molar refractivity (Wildman–Crippen MR) is 70.8 cm³/mol. The molecule has 17 heavy (non-hydrogen) atoms. The summed E-state index contributed by atoms with van der Waals surface area (Å²) in [7, 11) is 3.64. The average molecular weight is 241 g/mol. The molecule has 1 fully saturated rings. The third-order valence-electron chi connectivity index (χ3n) is 3.65. The molecule has 1 aliphatic heterocycles. The van der Waals surface area contributed by atoms with Crippen LogP contribution in [0.15, 0.2) is 0 Å². The van der Waals surface area contributed by atoms with Crippen LogP contribution in [0.25, 0.3) is 0 Å². The SMILES string of the molecule is CN(C)C(=O)CCCN1CCC(CCN)CC1. The Morgan fingerprint density at radius 2 is 2.00 bits per heavy atom. The average Bonchev–Trinajstić information content (AvgIpc) is 2.31. The lowest BCUT2D eigenvalue weighted by molar-refractivity contribution is -0.128. The van der Waals surface area contributed by atoms with Crippen molar-refractivity contribution in [2.24, 2.45) is 11.7 Å². The zero-order chi connectivity index (χ0) is 12.7. The van der Waals surface area contributed by atoms with Crippen molar-refractivity contribution in [3.63, 3.8) is 0 Å². The highest BCUT2D eigenvalue weighted by molar-refractivity contribution is 5.75. The maximum absolute atomic E-state index is 11.4. The number of hydrogen-bond acceptors (Lipinski definition) is 3. The minimum absolute atomic E-state index is 0.239. The Bertz CT molecular complexity index is 223. The van der Waals surface area contributed by atoms with Crippen LogP contribution < -0.4 is 5.73 Å². The van der Waals surface area contributed by atoms with E-state index in [-0.39, 0.29) is 5.91 Å². The highest BCUT2D eigenvalue weighted by Crippen LogP contribution is 2.19. The molecule has 1 amide bonds. The number of likely N-dealkylation sites (tertiary alicyclic amines) is 1. The number of carbonyl (C=O) groups excluding carboxylic acids is 1. The normalized spacial score (nSPS) is 18.3. The maximum Gasteiger partial charge on any atom is 0.222 e. The van der Waals surface area contributed by atoms with Crippen molar-refractivity contribution in [2.45, 2.75) is 32.1 Å². The Morgan fingerprint density at radius 1 is 1.35 bits per heavy atom. The fourth-order valence-electron chi connectivity index (χ4n) is 2.41. The van der Waals surface area contributed by atoms with Gasteiger partial charge in [0, 0.05) is 20.5 Å². The zero-order valence-corrected chi connectivity index (χ0v) is 11.3. The van der Waals surface area contributed by atoms with Crippen LogP contribution in [-0.4, -0.2) is 56.0 Å². The second-order valence-corrected chi connectivity index (χ2v) is 5.25. The molecule has 0 aromatic carbocycles. The summed E-state index contributed by atoms with van der Waals surface area (Å²) in [6.45, 7) is 4.25. The number of hydrogen-bond donors (Lipinski definition) is 1. The van der Waals surface area contributed by atoms with Gasteiger partial charge in [0.05, 0.1) is 0 Å². The molecule has 0 aromatic rings. The van der Waals surface area contributed by atoms with Crippen LogP contribution in [0.3, 0.4) is 0 Å². The molecule has 0 aromatic heterocycles. The molecular formula is C13H27N3O. The van der Waals surface area contributed by atoms with Gasteiger partial charge in [0.25, 0.3) is 0 Å². The van der Waals surface area contributed by atoms with E-state index in [0.717, 1.165) is 25.4 Å². The summed E-state index contributed by atoms with van der Waals surface area (Å²) in [4.78, 5) is 15.6. The van der Waals surface area contributed by atoms with Gasteiger partial charge in [-0.05, 0) is 57.8 Å². The molecule has 0 atom stereocenters. The van der Waals surface area contributed by atoms with Crippen molar-refractivity contribution >= 4 is 5.91 Å². The second-order valence-electron chi connectivity index (χ2n) is 5.25. The molecule has 1 heterocycles. The lowest BCUT2D eigenvalue weighted by Crippen LogP contribution is -2.35. The molecule has 1 saturated heterocycles. The predicted octanol–water partition coefficient (Wildman–Crippen LogP) is 0.916. The van der Waals surface area contributed by atoms with E-state index in [1.54, 1.807) is 4.90 Å². The van der Waals surface area contributed by atoms with Crippen molar-refractivity contribution in [3.05, 3.63) is 0 Å². The van der Waals surface area contributed by atoms with E-state index in [0.29, 0.717) is 6.42 Å². The van der Waals surface area contributed by atoms with Crippen LogP contribution in [0.1, 0.15) is 32.1 Å². The molecule has 2 N–H and O–H groups in total. The molecule has 1 aliphatic rings. The summed E-state index contributed by atoms with van der Waals surface area (Å²) in [5.41, 5.74) is 5.58. The van der Waals surface area contributed by atoms with Gasteiger partial charge >= 0.3 is 0 Å². The largest absolute Gasteiger partial charge is 0.349 e. The Labute approximate surface area is 105 Å². The Kier molecular flexibility index (Phi) is 6.52. The van der Waals surface area contributed by atoms with E-state index in [4.69, 9.17) is 5.73 Å². The molecule has 4 nitrogen and oxygen atoms in total. The molecule has 0 spiro atoms. The van der Waals surface area contributed by atoms with Gasteiger partial charge in [-0.2, -0.15) is 0 Å². The first-order valence-electron chi connectivity index (χ1n) is 6.76. The maximum atomic E-state index is 11.4. The smallest absolute Gasteiger partial charge is 0.222 e. The van der Waals surface area contributed by atoms with Gasteiger partial charge in [-0.1, -0.05) is 0 Å². The number of nitrogens with two attached hydrogens (primary N) is 1. The topological polar surface area (TPSA) is 49.6 Å². The molecule has 4 heteroatoms. The molecule has 1 rings (SSSR count). The van der Waals surface area contributed by atoms with E-state index in [9.17, 15) is 4.79 Å². The number of amides is 1. The Balaban J connectivity index is 2.08. The number of rotatable bonds is 6. The summed E-state index contributed by atoms with van der Waals surface area (Å²) in [6.07, 6.45) is 5.39. The van der Waals surface area contributed by atoms with E-state index < -0.39 is 0 Å². The molecular weight excluding hydrogens is 214 g/mol. The van der Waals surface area contributed by atoms with Crippen LogP contribution in [0.2, 0.25) is 0 Å². The second kappa shape index (κ2) is 7.67. The third-order valence-corrected chi connectivity index (χ3v) is 3.65. The van der Waals surface area contributed by atoms with Gasteiger partial charge in [0.1, 0.15) is 0 Å². The van der Waals surface area contributed by atoms with Crippen molar-refractivity contribution in [3.8, 4) is 0 Å². The highest BCUT2D eigenvalue weighted by Gasteiger charge is 2.18. The Morgan fingerprint density at radius 3 is 2.53 bits per heavy atom. The third kappa shape index (κ3) is 5.50. The first kappa shape index (κ1) is 14.5. The monoisotopic (exact) mass is 241 g/mol. The molecule has 0 unspecified atom stereocenters. The van der Waals surface area contributed by atoms with E-state index in [2.05, 4.69) is 4.90 Å². The summed E-state index contributed by atoms with van der Waals surface area (Å²) < 4.78 is 0. The van der Waals surface area contributed by atoms with Crippen molar-refractivity contribution in [2.75, 3.05) is 40.3 Å². The van der Waals surface area contributed by atoms with Gasteiger partial charge in [0.15, 0.2) is 0 Å². The number of piperidine rings is 1. The van der Waals surface area contributed by atoms with Crippen LogP contribution >= 0.6 is 0 Å². The van der Waals surface area contributed by atoms with Gasteiger partial charge in [-0.25, -0.2) is 0 Å². The lowest BCUT2D eigenvalue weighted by Gasteiger charge is -2.31. The van der Waals surface area contributed by atoms with E-state index >= 15 is 0 Å². The van der Waals surface area contributed by atoms with Gasteiger partial charge in [-0.3, -0.25) is 4.79 Å². The standard InChI is InChI=1S/C13H27N3O/c1-15(2)13(17)4-3-9-16-10-6-12(5-8-14)7-11-16/h12H,3-11,14H2,1-2H3. The fraction of sp³-hybridized carbons (Fsp3) is 0.923. The minimum Gasteiger partial charge on any atom is -0.349 e. The van der Waals surface area contributed by atoms with Crippen LogP contribution in [0.4, 0.5) is 0 Å². The summed E-state index contributed by atoms with van der Waals surface area (Å²) in [5, 5.41) is 0. The molecule has 0 bridgehead atoms. The molecule has 0 saturated carbocycles. The van der Waals surface area contributed by atoms with Crippen molar-refractivity contribution < 1.29 is 4.79 Å². The summed E-state index contributed by atoms with van der Waals surface area (Å²) >= 11 is 0. The molecule has 0 aliphatic carbocycles. The van der Waals surface area contributed by atoms with E-state index in [1.165, 1.54) is 32.4 Å². The van der Waals surface area contributed by atoms with Crippen LogP contribution in [0, 0.1) is 5.92 Å². The highest BCUT2D eigenvalue weighted by atomic mass is 16.2. The fourth-order valence-corrected chi connectivity index (χ4v) is 2.41. The van der Waals surface area contributed by atoms with Crippen molar-refractivity contribution in [1.82, 2.24) is 9.80 Å². The summed E-state index contributed by atoms with van der Waals surface area (Å²) in [5.74, 6) is 1.07. The van der Waals surface area contributed by atoms with Gasteiger partial charge in [-0.15, -0.1) is 0 Å². The van der Waals surface area contributed by atoms with Crippen LogP contribution in [0.5, 0.6) is 0 Å². The zero-order valence-electron chi connectivity index (χ0n) is 11.3.